The summed E-state index contributed by atoms with van der Waals surface area (Å²) in [5, 5.41) is 3.88. The molecule has 1 N–H and O–H groups in total. The molecule has 4 rings (SSSR count). The Labute approximate surface area is 223 Å². The van der Waals surface area contributed by atoms with E-state index in [1.54, 1.807) is 21.9 Å². The smallest absolute Gasteiger partial charge is 0.370 e. The third-order valence-electron chi connectivity index (χ3n) is 6.70. The predicted molar refractivity (Wildman–Crippen MR) is 135 cm³/mol. The van der Waals surface area contributed by atoms with Crippen molar-refractivity contribution in [3.8, 4) is 0 Å². The monoisotopic (exact) mass is 579 g/mol. The summed E-state index contributed by atoms with van der Waals surface area (Å²) < 4.78 is 63.5. The second-order valence-corrected chi connectivity index (χ2v) is 12.0. The maximum Gasteiger partial charge on any atom is 0.417 e. The SMILES string of the molecule is CS(=O)(=O)N1CCN(C(=O)N2CC(CNc3ccc(C(F)(F)F)cn3)C(c3ccc(Cl)c(Cl)c3)C2)CC1. The van der Waals surface area contributed by atoms with E-state index in [1.807, 2.05) is 6.07 Å². The number of rotatable bonds is 5. The van der Waals surface area contributed by atoms with Crippen molar-refractivity contribution in [3.05, 3.63) is 57.7 Å². The summed E-state index contributed by atoms with van der Waals surface area (Å²) in [4.78, 5) is 20.5. The van der Waals surface area contributed by atoms with Crippen molar-refractivity contribution in [3.63, 3.8) is 0 Å². The number of likely N-dealkylation sites (tertiary alicyclic amines) is 1. The first kappa shape index (κ1) is 27.7. The Hall–Kier alpha value is -2.28. The molecule has 0 spiro atoms. The highest BCUT2D eigenvalue weighted by Gasteiger charge is 2.39. The summed E-state index contributed by atoms with van der Waals surface area (Å²) >= 11 is 12.3. The average Bonchev–Trinajstić information content (AvgIpc) is 3.27. The fourth-order valence-corrected chi connectivity index (χ4v) is 5.80. The fourth-order valence-electron chi connectivity index (χ4n) is 4.67. The van der Waals surface area contributed by atoms with Gasteiger partial charge in [-0.1, -0.05) is 29.3 Å². The quantitative estimate of drug-likeness (QED) is 0.573. The number of benzene rings is 1. The molecular weight excluding hydrogens is 554 g/mol. The molecule has 2 aliphatic heterocycles. The Morgan fingerprint density at radius 1 is 1.05 bits per heavy atom. The van der Waals surface area contributed by atoms with E-state index in [2.05, 4.69) is 10.3 Å². The third kappa shape index (κ3) is 6.60. The number of aromatic nitrogens is 1. The van der Waals surface area contributed by atoms with Crippen LogP contribution in [-0.2, 0) is 16.2 Å². The number of carbonyl (C=O) groups excluding carboxylic acids is 1. The van der Waals surface area contributed by atoms with Crippen molar-refractivity contribution in [2.75, 3.05) is 57.4 Å². The zero-order valence-electron chi connectivity index (χ0n) is 19.9. The molecule has 2 amide bonds. The summed E-state index contributed by atoms with van der Waals surface area (Å²) in [7, 11) is -3.32. The minimum atomic E-state index is -4.47. The molecule has 0 aliphatic carbocycles. The fraction of sp³-hybridized carbons (Fsp3) is 0.478. The van der Waals surface area contributed by atoms with Gasteiger partial charge in [-0.05, 0) is 29.8 Å². The number of sulfonamides is 1. The van der Waals surface area contributed by atoms with E-state index in [0.717, 1.165) is 24.1 Å². The summed E-state index contributed by atoms with van der Waals surface area (Å²) in [6, 6.07) is 7.35. The lowest BCUT2D eigenvalue weighted by Gasteiger charge is -2.35. The summed E-state index contributed by atoms with van der Waals surface area (Å²) in [6.07, 6.45) is -2.54. The molecular formula is C23H26Cl2F3N5O3S. The molecule has 202 valence electrons. The zero-order chi connectivity index (χ0) is 27.0. The number of pyridine rings is 1. The van der Waals surface area contributed by atoms with Gasteiger partial charge >= 0.3 is 12.2 Å². The highest BCUT2D eigenvalue weighted by molar-refractivity contribution is 7.88. The van der Waals surface area contributed by atoms with E-state index in [-0.39, 0.29) is 44.0 Å². The Morgan fingerprint density at radius 2 is 1.76 bits per heavy atom. The standard InChI is InChI=1S/C23H26Cl2F3N5O3S/c1-37(35,36)33-8-6-31(7-9-33)22(34)32-13-16(18(14-32)15-2-4-19(24)20(25)10-15)11-29-21-5-3-17(12-30-21)23(26,27)28/h2-5,10,12,16,18H,6-9,11,13-14H2,1H3,(H,29,30). The van der Waals surface area contributed by atoms with E-state index < -0.39 is 21.8 Å². The minimum absolute atomic E-state index is 0.0948. The van der Waals surface area contributed by atoms with Crippen molar-refractivity contribution in [2.24, 2.45) is 5.92 Å². The van der Waals surface area contributed by atoms with Crippen LogP contribution in [-0.4, -0.2) is 85.6 Å². The Kier molecular flexibility index (Phi) is 8.13. The van der Waals surface area contributed by atoms with Gasteiger partial charge in [-0.25, -0.2) is 18.2 Å². The van der Waals surface area contributed by atoms with Crippen LogP contribution in [0.15, 0.2) is 36.5 Å². The lowest BCUT2D eigenvalue weighted by Crippen LogP contribution is -2.53. The Balaban J connectivity index is 1.47. The number of nitrogens with one attached hydrogen (secondary N) is 1. The minimum Gasteiger partial charge on any atom is -0.370 e. The molecule has 8 nitrogen and oxygen atoms in total. The predicted octanol–water partition coefficient (Wildman–Crippen LogP) is 4.23. The van der Waals surface area contributed by atoms with Crippen LogP contribution < -0.4 is 5.32 Å². The number of hydrogen-bond acceptors (Lipinski definition) is 5. The summed E-state index contributed by atoms with van der Waals surface area (Å²) in [5.74, 6) is 0.0862. The number of halogens is 5. The van der Waals surface area contributed by atoms with Crippen LogP contribution >= 0.6 is 23.2 Å². The van der Waals surface area contributed by atoms with Crippen molar-refractivity contribution in [1.82, 2.24) is 19.1 Å². The number of carbonyl (C=O) groups is 1. The topological polar surface area (TPSA) is 85.9 Å². The molecule has 1 aromatic heterocycles. The van der Waals surface area contributed by atoms with Crippen LogP contribution in [0.1, 0.15) is 17.0 Å². The molecule has 2 fully saturated rings. The molecule has 0 radical (unpaired) electrons. The van der Waals surface area contributed by atoms with Gasteiger partial charge in [-0.15, -0.1) is 0 Å². The average molecular weight is 580 g/mol. The molecule has 14 heteroatoms. The van der Waals surface area contributed by atoms with Gasteiger partial charge < -0.3 is 15.1 Å². The van der Waals surface area contributed by atoms with E-state index in [4.69, 9.17) is 23.2 Å². The Morgan fingerprint density at radius 3 is 2.32 bits per heavy atom. The van der Waals surface area contributed by atoms with E-state index in [1.165, 1.54) is 10.4 Å². The first-order valence-corrected chi connectivity index (χ1v) is 14.1. The number of hydrogen-bond donors (Lipinski definition) is 1. The number of alkyl halides is 3. The first-order chi connectivity index (χ1) is 17.3. The molecule has 2 aromatic rings. The zero-order valence-corrected chi connectivity index (χ0v) is 22.2. The van der Waals surface area contributed by atoms with E-state index in [0.29, 0.717) is 35.5 Å². The molecule has 0 saturated carbocycles. The van der Waals surface area contributed by atoms with Gasteiger partial charge in [0.2, 0.25) is 10.0 Å². The van der Waals surface area contributed by atoms with Crippen molar-refractivity contribution in [2.45, 2.75) is 12.1 Å². The molecule has 2 aliphatic rings. The lowest BCUT2D eigenvalue weighted by atomic mass is 9.89. The van der Waals surface area contributed by atoms with Gasteiger partial charge in [-0.3, -0.25) is 0 Å². The van der Waals surface area contributed by atoms with Crippen molar-refractivity contribution >= 4 is 45.1 Å². The van der Waals surface area contributed by atoms with Gasteiger partial charge in [0.15, 0.2) is 0 Å². The molecule has 0 bridgehead atoms. The van der Waals surface area contributed by atoms with Gasteiger partial charge in [0.1, 0.15) is 5.82 Å². The van der Waals surface area contributed by atoms with Crippen LogP contribution in [0.5, 0.6) is 0 Å². The van der Waals surface area contributed by atoms with Crippen LogP contribution in [0, 0.1) is 5.92 Å². The van der Waals surface area contributed by atoms with Crippen molar-refractivity contribution < 1.29 is 26.4 Å². The summed E-state index contributed by atoms with van der Waals surface area (Å²) in [5.41, 5.74) is 0.0547. The third-order valence-corrected chi connectivity index (χ3v) is 8.74. The highest BCUT2D eigenvalue weighted by atomic mass is 35.5. The van der Waals surface area contributed by atoms with Gasteiger partial charge in [0.05, 0.1) is 21.9 Å². The largest absolute Gasteiger partial charge is 0.417 e. The normalized spacial score (nSPS) is 21.4. The number of anilines is 1. The molecule has 2 atom stereocenters. The van der Waals surface area contributed by atoms with Crippen LogP contribution in [0.3, 0.4) is 0 Å². The maximum atomic E-state index is 13.3. The van der Waals surface area contributed by atoms with Gasteiger partial charge in [0.25, 0.3) is 0 Å². The van der Waals surface area contributed by atoms with E-state index >= 15 is 0 Å². The maximum absolute atomic E-state index is 13.3. The van der Waals surface area contributed by atoms with Crippen LogP contribution in [0.2, 0.25) is 10.0 Å². The van der Waals surface area contributed by atoms with Crippen molar-refractivity contribution in [1.29, 1.82) is 0 Å². The van der Waals surface area contributed by atoms with E-state index in [9.17, 15) is 26.4 Å². The second kappa shape index (κ2) is 10.8. The second-order valence-electron chi connectivity index (χ2n) is 9.19. The number of urea groups is 1. The number of nitrogens with zero attached hydrogens (tertiary/aromatic N) is 4. The lowest BCUT2D eigenvalue weighted by molar-refractivity contribution is -0.137. The Bertz CT molecular complexity index is 1240. The van der Waals surface area contributed by atoms with Crippen LogP contribution in [0.4, 0.5) is 23.8 Å². The molecule has 1 aromatic carbocycles. The highest BCUT2D eigenvalue weighted by Crippen LogP contribution is 2.36. The first-order valence-electron chi connectivity index (χ1n) is 11.5. The summed E-state index contributed by atoms with van der Waals surface area (Å²) in [6.45, 7) is 2.20. The van der Waals surface area contributed by atoms with Crippen LogP contribution in [0.25, 0.3) is 0 Å². The molecule has 2 unspecified atom stereocenters. The number of amides is 2. The number of piperazine rings is 1. The van der Waals surface area contributed by atoms with Gasteiger partial charge in [0, 0.05) is 63.8 Å². The molecule has 3 heterocycles. The molecule has 2 saturated heterocycles. The molecule has 37 heavy (non-hydrogen) atoms. The van der Waals surface area contributed by atoms with Gasteiger partial charge in [-0.2, -0.15) is 17.5 Å².